The van der Waals surface area contributed by atoms with E-state index in [9.17, 15) is 19.1 Å². The lowest BCUT2D eigenvalue weighted by Crippen LogP contribution is -2.14. The van der Waals surface area contributed by atoms with Gasteiger partial charge in [0.25, 0.3) is 0 Å². The Morgan fingerprint density at radius 1 is 1.00 bits per heavy atom. The first-order valence-electron chi connectivity index (χ1n) is 9.19. The van der Waals surface area contributed by atoms with Gasteiger partial charge in [-0.1, -0.05) is 30.3 Å². The molecule has 0 aliphatic rings. The third kappa shape index (κ3) is 4.12. The maximum atomic E-state index is 13.1. The first-order chi connectivity index (χ1) is 14.5. The van der Waals surface area contributed by atoms with E-state index in [0.29, 0.717) is 28.1 Å². The van der Waals surface area contributed by atoms with E-state index in [-0.39, 0.29) is 23.0 Å². The maximum absolute atomic E-state index is 13.1. The van der Waals surface area contributed by atoms with Crippen LogP contribution in [0.15, 0.2) is 89.9 Å². The number of allylic oxidation sites excluding steroid dienone is 1. The fourth-order valence-corrected chi connectivity index (χ4v) is 3.07. The second-order valence-electron chi connectivity index (χ2n) is 6.69. The number of rotatable bonds is 5. The van der Waals surface area contributed by atoms with Gasteiger partial charge in [0.1, 0.15) is 11.6 Å². The van der Waals surface area contributed by atoms with Gasteiger partial charge in [0.2, 0.25) is 0 Å². The van der Waals surface area contributed by atoms with Crippen molar-refractivity contribution in [3.05, 3.63) is 112 Å². The Labute approximate surface area is 171 Å². The van der Waals surface area contributed by atoms with Gasteiger partial charge in [0, 0.05) is 11.8 Å². The summed E-state index contributed by atoms with van der Waals surface area (Å²) in [5.41, 5.74) is 2.50. The number of aromatic hydroxyl groups is 1. The minimum atomic E-state index is -0.366. The molecule has 0 atom stereocenters. The molecule has 0 aliphatic heterocycles. The van der Waals surface area contributed by atoms with Crippen LogP contribution in [0.4, 0.5) is 4.39 Å². The molecule has 0 spiro atoms. The van der Waals surface area contributed by atoms with E-state index in [1.807, 2.05) is 0 Å². The lowest BCUT2D eigenvalue weighted by Gasteiger charge is -2.03. The Morgan fingerprint density at radius 3 is 2.53 bits per heavy atom. The molecule has 5 nitrogen and oxygen atoms in total. The average molecular weight is 400 g/mol. The predicted octanol–water partition coefficient (Wildman–Crippen LogP) is 4.57. The molecule has 0 fully saturated rings. The van der Waals surface area contributed by atoms with E-state index < -0.39 is 0 Å². The zero-order chi connectivity index (χ0) is 21.1. The molecule has 0 saturated heterocycles. The first-order valence-corrected chi connectivity index (χ1v) is 9.19. The molecular weight excluding hydrogens is 383 g/mol. The van der Waals surface area contributed by atoms with E-state index in [2.05, 4.69) is 4.98 Å². The van der Waals surface area contributed by atoms with Gasteiger partial charge < -0.3 is 10.1 Å². The largest absolute Gasteiger partial charge is 0.508 e. The summed E-state index contributed by atoms with van der Waals surface area (Å²) in [6, 6.07) is 19.1. The summed E-state index contributed by atoms with van der Waals surface area (Å²) >= 11 is 0. The van der Waals surface area contributed by atoms with Crippen LogP contribution in [0.5, 0.6) is 5.75 Å². The Bertz CT molecular complexity index is 1300. The molecule has 0 aliphatic carbocycles. The van der Waals surface area contributed by atoms with Crippen LogP contribution in [-0.2, 0) is 0 Å². The number of aromatic amines is 1. The van der Waals surface area contributed by atoms with Gasteiger partial charge in [-0.05, 0) is 65.7 Å². The Balaban J connectivity index is 1.61. The molecule has 0 amide bonds. The molecule has 2 N–H and O–H groups in total. The molecule has 148 valence electrons. The minimum Gasteiger partial charge on any atom is -0.508 e. The van der Waals surface area contributed by atoms with Crippen LogP contribution in [0.3, 0.4) is 0 Å². The van der Waals surface area contributed by atoms with Crippen molar-refractivity contribution in [2.24, 2.45) is 0 Å². The van der Waals surface area contributed by atoms with Gasteiger partial charge >= 0.3 is 5.69 Å². The molecule has 3 aromatic carbocycles. The maximum Gasteiger partial charge on any atom is 0.330 e. The second kappa shape index (κ2) is 8.05. The molecule has 30 heavy (non-hydrogen) atoms. The number of nitrogens with one attached hydrogen (secondary N) is 1. The predicted molar refractivity (Wildman–Crippen MR) is 113 cm³/mol. The quantitative estimate of drug-likeness (QED) is 0.381. The van der Waals surface area contributed by atoms with Gasteiger partial charge in [0.05, 0.1) is 11.4 Å². The van der Waals surface area contributed by atoms with Crippen molar-refractivity contribution in [1.29, 1.82) is 0 Å². The lowest BCUT2D eigenvalue weighted by atomic mass is 10.1. The van der Waals surface area contributed by atoms with Crippen LogP contribution in [0.2, 0.25) is 0 Å². The van der Waals surface area contributed by atoms with E-state index >= 15 is 0 Å². The van der Waals surface area contributed by atoms with Gasteiger partial charge in [-0.25, -0.2) is 9.18 Å². The molecule has 1 heterocycles. The number of nitrogens with zero attached hydrogens (tertiary/aromatic N) is 1. The van der Waals surface area contributed by atoms with Crippen LogP contribution in [0.25, 0.3) is 23.0 Å². The van der Waals surface area contributed by atoms with Gasteiger partial charge in [-0.2, -0.15) is 0 Å². The van der Waals surface area contributed by atoms with Crippen molar-refractivity contribution < 1.29 is 14.3 Å². The fourth-order valence-electron chi connectivity index (χ4n) is 3.07. The Kier molecular flexibility index (Phi) is 5.13. The van der Waals surface area contributed by atoms with Gasteiger partial charge in [0.15, 0.2) is 5.78 Å². The van der Waals surface area contributed by atoms with Crippen LogP contribution in [-0.4, -0.2) is 20.4 Å². The normalized spacial score (nSPS) is 11.1. The SMILES string of the molecule is O=C(/C=C/c1cccc(O)c1)c1cccc(-n2cc(-c3ccc(F)cc3)[nH]c2=O)c1. The monoisotopic (exact) mass is 400 g/mol. The highest BCUT2D eigenvalue weighted by molar-refractivity contribution is 6.07. The summed E-state index contributed by atoms with van der Waals surface area (Å²) in [5.74, 6) is -0.469. The summed E-state index contributed by atoms with van der Waals surface area (Å²) in [6.07, 6.45) is 4.64. The molecule has 1 aromatic heterocycles. The Morgan fingerprint density at radius 2 is 1.77 bits per heavy atom. The van der Waals surface area contributed by atoms with Crippen molar-refractivity contribution >= 4 is 11.9 Å². The highest BCUT2D eigenvalue weighted by Crippen LogP contribution is 2.19. The molecule has 0 saturated carbocycles. The highest BCUT2D eigenvalue weighted by atomic mass is 19.1. The number of phenolic OH excluding ortho intramolecular Hbond substituents is 1. The number of halogens is 1. The van der Waals surface area contributed by atoms with Crippen LogP contribution < -0.4 is 5.69 Å². The zero-order valence-corrected chi connectivity index (χ0v) is 15.7. The van der Waals surface area contributed by atoms with Crippen LogP contribution in [0.1, 0.15) is 15.9 Å². The third-order valence-corrected chi connectivity index (χ3v) is 4.58. The zero-order valence-electron chi connectivity index (χ0n) is 15.7. The van der Waals surface area contributed by atoms with Crippen molar-refractivity contribution in [2.75, 3.05) is 0 Å². The number of H-pyrrole nitrogens is 1. The summed E-state index contributed by atoms with van der Waals surface area (Å²) < 4.78 is 14.5. The van der Waals surface area contributed by atoms with Crippen molar-refractivity contribution in [3.63, 3.8) is 0 Å². The molecule has 4 rings (SSSR count). The summed E-state index contributed by atoms with van der Waals surface area (Å²) in [5, 5.41) is 9.51. The van der Waals surface area contributed by atoms with E-state index in [1.165, 1.54) is 22.8 Å². The topological polar surface area (TPSA) is 75.1 Å². The second-order valence-corrected chi connectivity index (χ2v) is 6.69. The number of hydrogen-bond acceptors (Lipinski definition) is 3. The number of phenols is 1. The van der Waals surface area contributed by atoms with Gasteiger partial charge in [-0.3, -0.25) is 9.36 Å². The van der Waals surface area contributed by atoms with Crippen molar-refractivity contribution in [2.45, 2.75) is 0 Å². The average Bonchev–Trinajstić information content (AvgIpc) is 3.14. The van der Waals surface area contributed by atoms with Crippen molar-refractivity contribution in [3.8, 4) is 22.7 Å². The number of imidazole rings is 1. The molecule has 6 heteroatoms. The fraction of sp³-hybridized carbons (Fsp3) is 0. The molecule has 0 unspecified atom stereocenters. The molecular formula is C24H17FN2O3. The number of carbonyl (C=O) groups is 1. The number of ketones is 1. The number of hydrogen-bond donors (Lipinski definition) is 2. The standard InChI is InChI=1S/C24H17FN2O3/c25-19-10-8-17(9-11-19)22-15-27(24(30)26-22)20-5-2-4-18(14-20)23(29)12-7-16-3-1-6-21(28)13-16/h1-15,28H,(H,26,30)/b12-7+. The highest BCUT2D eigenvalue weighted by Gasteiger charge is 2.09. The summed E-state index contributed by atoms with van der Waals surface area (Å²) in [7, 11) is 0. The number of aromatic nitrogens is 2. The smallest absolute Gasteiger partial charge is 0.330 e. The van der Waals surface area contributed by atoms with Crippen molar-refractivity contribution in [1.82, 2.24) is 9.55 Å². The first kappa shape index (κ1) is 19.1. The van der Waals surface area contributed by atoms with E-state index in [4.69, 9.17) is 0 Å². The van der Waals surface area contributed by atoms with Crippen LogP contribution >= 0.6 is 0 Å². The minimum absolute atomic E-state index is 0.121. The van der Waals surface area contributed by atoms with Gasteiger partial charge in [-0.15, -0.1) is 0 Å². The number of carbonyl (C=O) groups excluding carboxylic acids is 1. The Hall–Kier alpha value is -4.19. The number of benzene rings is 3. The summed E-state index contributed by atoms with van der Waals surface area (Å²) in [4.78, 5) is 27.7. The molecule has 0 radical (unpaired) electrons. The summed E-state index contributed by atoms with van der Waals surface area (Å²) in [6.45, 7) is 0. The molecule has 4 aromatic rings. The molecule has 0 bridgehead atoms. The van der Waals surface area contributed by atoms with E-state index in [0.717, 1.165) is 0 Å². The van der Waals surface area contributed by atoms with Crippen LogP contribution in [0, 0.1) is 5.82 Å². The van der Waals surface area contributed by atoms with E-state index in [1.54, 1.807) is 72.9 Å². The lowest BCUT2D eigenvalue weighted by molar-refractivity contribution is 0.104. The third-order valence-electron chi connectivity index (χ3n) is 4.58.